The van der Waals surface area contributed by atoms with Crippen LogP contribution >= 0.6 is 0 Å². The third-order valence-corrected chi connectivity index (χ3v) is 9.52. The molecule has 0 atom stereocenters. The summed E-state index contributed by atoms with van der Waals surface area (Å²) in [6, 6.07) is 31.0. The van der Waals surface area contributed by atoms with Crippen molar-refractivity contribution in [3.63, 3.8) is 0 Å². The number of para-hydroxylation sites is 1. The number of rotatable bonds is 8. The summed E-state index contributed by atoms with van der Waals surface area (Å²) in [5.74, 6) is 2.47. The fourth-order valence-corrected chi connectivity index (χ4v) is 6.47. The summed E-state index contributed by atoms with van der Waals surface area (Å²) in [5.41, 5.74) is 10.7. The summed E-state index contributed by atoms with van der Waals surface area (Å²) in [7, 11) is 4.15. The standard InChI is InChI=1S/C42H48N4O.Pt/c1-28(2)31-22-37(29(3)4)41(38(23-31)30(5)6)32-20-34(45-19-18-43(9)26-45)25-36(21-32)47-35-15-13-14-33(24-35)46-27-44(10)42(7,8)39-16-11-12-17-40(39)46;/h11-23,26-30H,1-10H3;/q-4;+4. The second kappa shape index (κ2) is 14.1. The van der Waals surface area contributed by atoms with E-state index in [4.69, 9.17) is 4.74 Å². The van der Waals surface area contributed by atoms with E-state index in [0.29, 0.717) is 29.3 Å². The summed E-state index contributed by atoms with van der Waals surface area (Å²) in [6.45, 7) is 22.4. The number of anilines is 3. The predicted octanol–water partition coefficient (Wildman–Crippen LogP) is 10.9. The number of hydrogen-bond donors (Lipinski definition) is 0. The Labute approximate surface area is 303 Å². The largest absolute Gasteiger partial charge is 4.00 e. The van der Waals surface area contributed by atoms with Gasteiger partial charge in [-0.1, -0.05) is 71.9 Å². The van der Waals surface area contributed by atoms with Crippen molar-refractivity contribution in [3.8, 4) is 22.6 Å². The van der Waals surface area contributed by atoms with Gasteiger partial charge in [0, 0.05) is 22.7 Å². The molecule has 252 valence electrons. The van der Waals surface area contributed by atoms with Crippen LogP contribution < -0.4 is 14.5 Å². The molecule has 6 heteroatoms. The van der Waals surface area contributed by atoms with Crippen LogP contribution in [-0.4, -0.2) is 23.9 Å². The van der Waals surface area contributed by atoms with Gasteiger partial charge in [-0.25, -0.2) is 0 Å². The van der Waals surface area contributed by atoms with E-state index in [2.05, 4.69) is 163 Å². The van der Waals surface area contributed by atoms with Crippen LogP contribution in [-0.2, 0) is 26.6 Å². The van der Waals surface area contributed by atoms with E-state index >= 15 is 0 Å². The van der Waals surface area contributed by atoms with E-state index in [1.165, 1.54) is 27.8 Å². The molecule has 0 radical (unpaired) electrons. The van der Waals surface area contributed by atoms with Crippen molar-refractivity contribution in [1.82, 2.24) is 9.80 Å². The molecule has 2 aliphatic rings. The van der Waals surface area contributed by atoms with Crippen molar-refractivity contribution in [2.24, 2.45) is 0 Å². The Hall–Kier alpha value is -3.53. The topological polar surface area (TPSA) is 22.2 Å². The molecule has 0 N–H and O–H groups in total. The first-order valence-electron chi connectivity index (χ1n) is 16.8. The van der Waals surface area contributed by atoms with Gasteiger partial charge in [-0.15, -0.1) is 53.3 Å². The molecule has 4 aromatic carbocycles. The minimum absolute atomic E-state index is 0. The fraction of sp³-hybridized carbons (Fsp3) is 0.333. The van der Waals surface area contributed by atoms with Crippen LogP contribution in [0, 0.1) is 25.5 Å². The van der Waals surface area contributed by atoms with E-state index in [-0.39, 0.29) is 26.6 Å². The van der Waals surface area contributed by atoms with Crippen molar-refractivity contribution >= 4 is 17.1 Å². The van der Waals surface area contributed by atoms with Crippen LogP contribution in [0.25, 0.3) is 11.1 Å². The van der Waals surface area contributed by atoms with Crippen LogP contribution in [0.5, 0.6) is 11.5 Å². The molecular formula is C42H48N4OPt. The Balaban J connectivity index is 0.00000451. The van der Waals surface area contributed by atoms with Crippen molar-refractivity contribution in [3.05, 3.63) is 127 Å². The van der Waals surface area contributed by atoms with Crippen molar-refractivity contribution < 1.29 is 25.8 Å². The molecule has 4 aromatic rings. The van der Waals surface area contributed by atoms with E-state index < -0.39 is 0 Å². The third kappa shape index (κ3) is 6.96. The number of nitrogens with zero attached hydrogens (tertiary/aromatic N) is 4. The van der Waals surface area contributed by atoms with Gasteiger partial charge in [0.25, 0.3) is 0 Å². The van der Waals surface area contributed by atoms with Crippen LogP contribution in [0.1, 0.15) is 95.4 Å². The van der Waals surface area contributed by atoms with Crippen molar-refractivity contribution in [1.29, 1.82) is 0 Å². The van der Waals surface area contributed by atoms with Crippen molar-refractivity contribution in [2.45, 2.75) is 78.7 Å². The number of hydrogen-bond acceptors (Lipinski definition) is 5. The summed E-state index contributed by atoms with van der Waals surface area (Å²) in [6.07, 6.45) is 4.10. The monoisotopic (exact) mass is 819 g/mol. The van der Waals surface area contributed by atoms with Crippen molar-refractivity contribution in [2.75, 3.05) is 23.9 Å². The Morgan fingerprint density at radius 2 is 1.38 bits per heavy atom. The molecule has 0 fully saturated rings. The van der Waals surface area contributed by atoms with E-state index in [0.717, 1.165) is 22.6 Å². The van der Waals surface area contributed by atoms with Gasteiger partial charge < -0.3 is 24.3 Å². The molecule has 0 spiro atoms. The van der Waals surface area contributed by atoms with Gasteiger partial charge in [-0.05, 0) is 92.0 Å². The van der Waals surface area contributed by atoms with Gasteiger partial charge >= 0.3 is 21.1 Å². The minimum atomic E-state index is -0.126. The second-order valence-corrected chi connectivity index (χ2v) is 14.3. The van der Waals surface area contributed by atoms with Crippen LogP contribution in [0.4, 0.5) is 17.1 Å². The quantitative estimate of drug-likeness (QED) is 0.165. The van der Waals surface area contributed by atoms with Gasteiger partial charge in [-0.3, -0.25) is 0 Å². The van der Waals surface area contributed by atoms with E-state index in [1.54, 1.807) is 0 Å². The first-order valence-corrected chi connectivity index (χ1v) is 16.8. The molecule has 0 amide bonds. The zero-order valence-electron chi connectivity index (χ0n) is 29.9. The Morgan fingerprint density at radius 1 is 0.708 bits per heavy atom. The molecule has 0 unspecified atom stereocenters. The first-order chi connectivity index (χ1) is 22.3. The van der Waals surface area contributed by atoms with Crippen LogP contribution in [0.2, 0.25) is 0 Å². The maximum Gasteiger partial charge on any atom is 4.00 e. The third-order valence-electron chi connectivity index (χ3n) is 9.52. The van der Waals surface area contributed by atoms with Gasteiger partial charge in [-0.2, -0.15) is 19.4 Å². The number of ether oxygens (including phenoxy) is 1. The molecule has 0 aliphatic carbocycles. The van der Waals surface area contributed by atoms with Gasteiger partial charge in [0.05, 0.1) is 0 Å². The molecule has 2 heterocycles. The zero-order chi connectivity index (χ0) is 33.6. The molecular weight excluding hydrogens is 772 g/mol. The Kier molecular flexibility index (Phi) is 10.5. The Bertz CT molecular complexity index is 1760. The predicted molar refractivity (Wildman–Crippen MR) is 196 cm³/mol. The summed E-state index contributed by atoms with van der Waals surface area (Å²) >= 11 is 0. The van der Waals surface area contributed by atoms with E-state index in [9.17, 15) is 0 Å². The molecule has 5 nitrogen and oxygen atoms in total. The summed E-state index contributed by atoms with van der Waals surface area (Å²) in [4.78, 5) is 8.58. The van der Waals surface area contributed by atoms with Gasteiger partial charge in [0.2, 0.25) is 0 Å². The normalized spacial score (nSPS) is 15.8. The Morgan fingerprint density at radius 3 is 2.00 bits per heavy atom. The maximum absolute atomic E-state index is 6.67. The summed E-state index contributed by atoms with van der Waals surface area (Å²) in [5, 5.41) is 0. The summed E-state index contributed by atoms with van der Waals surface area (Å²) < 4.78 is 6.67. The van der Waals surface area contributed by atoms with Crippen LogP contribution in [0.15, 0.2) is 79.1 Å². The first kappa shape index (κ1) is 35.8. The van der Waals surface area contributed by atoms with Crippen LogP contribution in [0.3, 0.4) is 0 Å². The minimum Gasteiger partial charge on any atom is -0.510 e. The average molecular weight is 820 g/mol. The average Bonchev–Trinajstić information content (AvgIpc) is 3.48. The van der Waals surface area contributed by atoms with Gasteiger partial charge in [0.1, 0.15) is 0 Å². The smallest absolute Gasteiger partial charge is 0.510 e. The number of fused-ring (bicyclic) bond motifs is 1. The molecule has 0 saturated carbocycles. The molecule has 6 rings (SSSR count). The maximum atomic E-state index is 6.67. The second-order valence-electron chi connectivity index (χ2n) is 14.3. The fourth-order valence-electron chi connectivity index (χ4n) is 6.47. The van der Waals surface area contributed by atoms with E-state index in [1.807, 2.05) is 30.3 Å². The van der Waals surface area contributed by atoms with Gasteiger partial charge in [0.15, 0.2) is 0 Å². The molecule has 0 saturated heterocycles. The molecule has 2 aliphatic heterocycles. The SMILES string of the molecule is CC(C)c1cc(C(C)C)c(-c2cc(Oc3[c-]c(N4[CH-]N(C)C(C)(C)c5ccccc54)ccc3)[c-]c(N3C=CN(C)[CH-]3)c2)c(C(C)C)c1.[Pt+4]. The number of benzene rings is 4. The molecule has 0 aromatic heterocycles. The zero-order valence-corrected chi connectivity index (χ0v) is 32.2. The molecule has 48 heavy (non-hydrogen) atoms. The molecule has 0 bridgehead atoms.